The van der Waals surface area contributed by atoms with Crippen LogP contribution in [0.5, 0.6) is 0 Å². The van der Waals surface area contributed by atoms with E-state index >= 15 is 0 Å². The van der Waals surface area contributed by atoms with Gasteiger partial charge in [0.2, 0.25) is 0 Å². The van der Waals surface area contributed by atoms with Crippen LogP contribution in [-0.2, 0) is 14.1 Å². The number of aliphatic hydroxyl groups is 3. The molecule has 42 heavy (non-hydrogen) atoms. The van der Waals surface area contributed by atoms with Gasteiger partial charge in [0.15, 0.2) is 0 Å². The summed E-state index contributed by atoms with van der Waals surface area (Å²) in [6.07, 6.45) is -0.768. The highest BCUT2D eigenvalue weighted by Gasteiger charge is 2.29. The number of tetrazole rings is 2. The summed E-state index contributed by atoms with van der Waals surface area (Å²) in [5, 5.41) is 51.5. The minimum Gasteiger partial charge on any atom is -0.400 e. The van der Waals surface area contributed by atoms with Gasteiger partial charge in [-0.15, -0.1) is 0 Å². The molecule has 0 saturated carbocycles. The quantitative estimate of drug-likeness (QED) is 0.106. The molecular formula is C23H30N12O7. The van der Waals surface area contributed by atoms with Crippen molar-refractivity contribution in [1.29, 1.82) is 0 Å². The maximum absolute atomic E-state index is 12.0. The van der Waals surface area contributed by atoms with Crippen LogP contribution in [0.2, 0.25) is 0 Å². The zero-order chi connectivity index (χ0) is 30.7. The Kier molecular flexibility index (Phi) is 8.64. The molecule has 2 aliphatic rings. The topological polar surface area (TPSA) is 242 Å². The molecule has 0 atom stereocenters. The Hall–Kier alpha value is -5.14. The number of rotatable bonds is 5. The first kappa shape index (κ1) is 29.8. The lowest BCUT2D eigenvalue weighted by atomic mass is 10.1. The van der Waals surface area contributed by atoms with Crippen LogP contribution in [-0.4, -0.2) is 105 Å². The highest BCUT2D eigenvalue weighted by atomic mass is 16.6. The first-order valence-electron chi connectivity index (χ1n) is 12.5. The zero-order valence-corrected chi connectivity index (χ0v) is 22.9. The molecule has 19 heteroatoms. The average Bonchev–Trinajstić information content (AvgIpc) is 3.46. The molecule has 4 aromatic rings. The van der Waals surface area contributed by atoms with Crippen molar-refractivity contribution < 1.29 is 20.2 Å². The summed E-state index contributed by atoms with van der Waals surface area (Å²) in [6.45, 7) is 1.87. The van der Waals surface area contributed by atoms with E-state index in [0.29, 0.717) is 43.2 Å². The molecule has 0 radical (unpaired) electrons. The minimum absolute atomic E-state index is 0.146. The van der Waals surface area contributed by atoms with E-state index < -0.39 is 16.7 Å². The van der Waals surface area contributed by atoms with Gasteiger partial charge in [-0.1, -0.05) is 0 Å². The van der Waals surface area contributed by atoms with E-state index in [4.69, 9.17) is 10.8 Å². The Morgan fingerprint density at radius 2 is 1.19 bits per heavy atom. The fraction of sp³-hybridized carbons (Fsp3) is 0.391. The van der Waals surface area contributed by atoms with E-state index in [0.717, 1.165) is 26.8 Å². The standard InChI is InChI=1S/C11H12N6O4.C11H14N6O2.CH4O/c1-14-11(19)16(13-12-14)10-4-7(17(20)21)2-3-9(10)15-5-8(18)6-15;1-15-11(19)17(14-13-15)10-4-7(12)2-3-9(10)16-5-8(18)6-16;1-2/h2-4,8,18H,5-6H2,1H3;2-4,8,18H,5-6,12H2,1H3;2H,1H3. The van der Waals surface area contributed by atoms with Gasteiger partial charge in [0, 0.05) is 65.2 Å². The summed E-state index contributed by atoms with van der Waals surface area (Å²) in [7, 11) is 3.97. The number of benzene rings is 2. The second-order valence-electron chi connectivity index (χ2n) is 9.39. The van der Waals surface area contributed by atoms with Gasteiger partial charge >= 0.3 is 11.4 Å². The fourth-order valence-electron chi connectivity index (χ4n) is 4.27. The van der Waals surface area contributed by atoms with E-state index in [2.05, 4.69) is 20.9 Å². The van der Waals surface area contributed by atoms with Crippen molar-refractivity contribution in [3.63, 3.8) is 0 Å². The van der Waals surface area contributed by atoms with Gasteiger partial charge in [0.05, 0.1) is 34.2 Å². The summed E-state index contributed by atoms with van der Waals surface area (Å²) < 4.78 is 4.40. The molecule has 5 N–H and O–H groups in total. The van der Waals surface area contributed by atoms with E-state index in [9.17, 15) is 29.9 Å². The lowest BCUT2D eigenvalue weighted by Crippen LogP contribution is -2.51. The van der Waals surface area contributed by atoms with Crippen LogP contribution in [0.1, 0.15) is 0 Å². The molecule has 4 heterocycles. The Morgan fingerprint density at radius 1 is 0.762 bits per heavy atom. The number of nitrogen functional groups attached to an aromatic ring is 1. The molecule has 19 nitrogen and oxygen atoms in total. The highest BCUT2D eigenvalue weighted by Crippen LogP contribution is 2.31. The summed E-state index contributed by atoms with van der Waals surface area (Å²) in [4.78, 5) is 38.0. The van der Waals surface area contributed by atoms with Crippen molar-refractivity contribution in [1.82, 2.24) is 39.6 Å². The number of nitro groups is 1. The number of aliphatic hydroxyl groups excluding tert-OH is 3. The summed E-state index contributed by atoms with van der Waals surface area (Å²) >= 11 is 0. The smallest absolute Gasteiger partial charge is 0.368 e. The van der Waals surface area contributed by atoms with Crippen LogP contribution in [0.4, 0.5) is 22.7 Å². The molecule has 0 spiro atoms. The molecule has 0 bridgehead atoms. The number of nitrogens with two attached hydrogens (primary N) is 1. The molecule has 224 valence electrons. The largest absolute Gasteiger partial charge is 0.400 e. The molecule has 2 aromatic heterocycles. The molecule has 6 rings (SSSR count). The van der Waals surface area contributed by atoms with E-state index in [1.54, 1.807) is 18.2 Å². The summed E-state index contributed by atoms with van der Waals surface area (Å²) in [5.74, 6) is 0. The molecule has 0 unspecified atom stereocenters. The fourth-order valence-corrected chi connectivity index (χ4v) is 4.27. The molecule has 0 amide bonds. The van der Waals surface area contributed by atoms with Gasteiger partial charge in [0.25, 0.3) is 5.69 Å². The van der Waals surface area contributed by atoms with Crippen LogP contribution in [0.15, 0.2) is 46.0 Å². The van der Waals surface area contributed by atoms with Crippen LogP contribution in [0.25, 0.3) is 11.4 Å². The number of aryl methyl sites for hydroxylation is 2. The third-order valence-electron chi connectivity index (χ3n) is 6.47. The Bertz CT molecular complexity index is 1680. The number of hydrogen-bond acceptors (Lipinski definition) is 14. The van der Waals surface area contributed by atoms with Gasteiger partial charge in [-0.05, 0) is 45.1 Å². The number of aromatic nitrogens is 8. The number of nitro benzene ring substituents is 1. The van der Waals surface area contributed by atoms with Crippen molar-refractivity contribution >= 4 is 22.7 Å². The molecule has 2 saturated heterocycles. The van der Waals surface area contributed by atoms with Gasteiger partial charge in [-0.3, -0.25) is 10.1 Å². The first-order valence-corrected chi connectivity index (χ1v) is 12.5. The number of β-amino-alcohol motifs (C(OH)–C–C–N with tert-alkyl or cyclic N) is 2. The lowest BCUT2D eigenvalue weighted by Gasteiger charge is -2.38. The van der Waals surface area contributed by atoms with Crippen LogP contribution in [0.3, 0.4) is 0 Å². The van der Waals surface area contributed by atoms with Crippen molar-refractivity contribution in [3.8, 4) is 11.4 Å². The summed E-state index contributed by atoms with van der Waals surface area (Å²) in [6, 6.07) is 9.42. The van der Waals surface area contributed by atoms with Gasteiger partial charge in [-0.25, -0.2) is 9.59 Å². The molecule has 2 aliphatic heterocycles. The SMILES string of the molecule is CO.Cn1nnn(-c2cc(N)ccc2N2CC(O)C2)c1=O.Cn1nnn(-c2cc([N+](=O)[O-])ccc2N2CC(O)C2)c1=O. The zero-order valence-electron chi connectivity index (χ0n) is 22.9. The number of anilines is 3. The second-order valence-corrected chi connectivity index (χ2v) is 9.39. The predicted octanol–water partition coefficient (Wildman–Crippen LogP) is -2.61. The van der Waals surface area contributed by atoms with Crippen molar-refractivity contribution in [2.24, 2.45) is 14.1 Å². The van der Waals surface area contributed by atoms with E-state index in [-0.39, 0.29) is 23.2 Å². The normalized spacial score (nSPS) is 14.7. The van der Waals surface area contributed by atoms with E-state index in [1.807, 2.05) is 15.9 Å². The molecule has 0 aliphatic carbocycles. The van der Waals surface area contributed by atoms with Crippen molar-refractivity contribution in [3.05, 3.63) is 67.5 Å². The third kappa shape index (κ3) is 5.82. The van der Waals surface area contributed by atoms with Crippen LogP contribution < -0.4 is 26.9 Å². The first-order chi connectivity index (χ1) is 20.0. The number of nitrogens with zero attached hydrogens (tertiary/aromatic N) is 11. The Morgan fingerprint density at radius 3 is 1.57 bits per heavy atom. The molecule has 2 aromatic carbocycles. The predicted molar refractivity (Wildman–Crippen MR) is 149 cm³/mol. The number of hydrogen-bond donors (Lipinski definition) is 4. The van der Waals surface area contributed by atoms with Crippen molar-refractivity contribution in [2.75, 3.05) is 48.8 Å². The second kappa shape index (κ2) is 12.2. The van der Waals surface area contributed by atoms with Gasteiger partial charge in [0.1, 0.15) is 5.69 Å². The average molecular weight is 587 g/mol. The van der Waals surface area contributed by atoms with Gasteiger partial charge in [-0.2, -0.15) is 18.7 Å². The minimum atomic E-state index is -0.542. The van der Waals surface area contributed by atoms with Crippen molar-refractivity contribution in [2.45, 2.75) is 12.2 Å². The van der Waals surface area contributed by atoms with Crippen LogP contribution in [0, 0.1) is 10.1 Å². The highest BCUT2D eigenvalue weighted by molar-refractivity contribution is 5.69. The maximum Gasteiger partial charge on any atom is 0.368 e. The molecule has 2 fully saturated rings. The lowest BCUT2D eigenvalue weighted by molar-refractivity contribution is -0.384. The molecular weight excluding hydrogens is 556 g/mol. The Labute approximate surface area is 236 Å². The summed E-state index contributed by atoms with van der Waals surface area (Å²) in [5.41, 5.74) is 7.57. The third-order valence-corrected chi connectivity index (χ3v) is 6.47. The van der Waals surface area contributed by atoms with Crippen LogP contribution >= 0.6 is 0 Å². The van der Waals surface area contributed by atoms with E-state index in [1.165, 1.54) is 30.9 Å². The maximum atomic E-state index is 12.0. The number of non-ortho nitro benzene ring substituents is 1. The monoisotopic (exact) mass is 586 g/mol. The van der Waals surface area contributed by atoms with Gasteiger partial charge < -0.3 is 30.9 Å². The Balaban J connectivity index is 0.000000183.